The van der Waals surface area contributed by atoms with Gasteiger partial charge in [-0.15, -0.1) is 0 Å². The number of benzene rings is 2. The molecule has 0 bridgehead atoms. The van der Waals surface area contributed by atoms with Gasteiger partial charge in [-0.25, -0.2) is 0 Å². The van der Waals surface area contributed by atoms with Crippen molar-refractivity contribution in [2.45, 2.75) is 13.1 Å². The van der Waals surface area contributed by atoms with Crippen molar-refractivity contribution in [3.8, 4) is 5.75 Å². The first-order valence-corrected chi connectivity index (χ1v) is 8.24. The molecule has 0 aliphatic rings. The lowest BCUT2D eigenvalue weighted by Gasteiger charge is -2.14. The Morgan fingerprint density at radius 2 is 1.72 bits per heavy atom. The van der Waals surface area contributed by atoms with Crippen LogP contribution in [0.3, 0.4) is 0 Å². The lowest BCUT2D eigenvalue weighted by Crippen LogP contribution is -2.19. The van der Waals surface area contributed by atoms with Gasteiger partial charge in [-0.3, -0.25) is 0 Å². The zero-order valence-corrected chi connectivity index (χ0v) is 15.2. The molecule has 0 heterocycles. The largest absolute Gasteiger partial charge is 0.492 e. The molecule has 134 valence electrons. The minimum absolute atomic E-state index is 0.159. The first-order valence-electron chi connectivity index (χ1n) is 7.08. The quantitative estimate of drug-likeness (QED) is 0.588. The number of anilines is 2. The lowest BCUT2D eigenvalue weighted by atomic mass is 10.2. The van der Waals surface area contributed by atoms with Crippen molar-refractivity contribution in [1.29, 1.82) is 0 Å². The Morgan fingerprint density at radius 3 is 2.28 bits per heavy atom. The molecule has 0 aromatic heterocycles. The van der Waals surface area contributed by atoms with Gasteiger partial charge in [-0.05, 0) is 49.5 Å². The van der Waals surface area contributed by atoms with Crippen LogP contribution >= 0.6 is 35.4 Å². The number of rotatable bonds is 4. The smallest absolute Gasteiger partial charge is 0.416 e. The Hall–Kier alpha value is -1.70. The maximum Gasteiger partial charge on any atom is 0.416 e. The normalized spacial score (nSPS) is 11.1. The van der Waals surface area contributed by atoms with E-state index in [0.29, 0.717) is 33.8 Å². The van der Waals surface area contributed by atoms with Crippen LogP contribution < -0.4 is 15.4 Å². The van der Waals surface area contributed by atoms with Gasteiger partial charge in [-0.2, -0.15) is 13.2 Å². The van der Waals surface area contributed by atoms with E-state index in [9.17, 15) is 13.2 Å². The summed E-state index contributed by atoms with van der Waals surface area (Å²) in [6.45, 7) is 2.24. The van der Waals surface area contributed by atoms with Gasteiger partial charge in [0.1, 0.15) is 5.75 Å². The van der Waals surface area contributed by atoms with Crippen molar-refractivity contribution in [2.24, 2.45) is 0 Å². The van der Waals surface area contributed by atoms with E-state index in [2.05, 4.69) is 10.6 Å². The molecule has 9 heteroatoms. The van der Waals surface area contributed by atoms with E-state index in [0.717, 1.165) is 12.1 Å². The Balaban J connectivity index is 2.09. The number of thiocarbonyl (C=S) groups is 1. The molecule has 0 amide bonds. The molecule has 0 radical (unpaired) electrons. The van der Waals surface area contributed by atoms with Gasteiger partial charge in [0.25, 0.3) is 0 Å². The monoisotopic (exact) mass is 408 g/mol. The zero-order valence-electron chi connectivity index (χ0n) is 12.9. The second kappa shape index (κ2) is 8.12. The molecule has 2 N–H and O–H groups in total. The van der Waals surface area contributed by atoms with Crippen molar-refractivity contribution in [2.75, 3.05) is 17.2 Å². The average Bonchev–Trinajstić information content (AvgIpc) is 2.51. The summed E-state index contributed by atoms with van der Waals surface area (Å²) in [6, 6.07) is 7.60. The van der Waals surface area contributed by atoms with Gasteiger partial charge in [-0.1, -0.05) is 23.2 Å². The molecule has 0 spiro atoms. The summed E-state index contributed by atoms with van der Waals surface area (Å²) in [5, 5.41) is 6.48. The minimum atomic E-state index is -4.39. The van der Waals surface area contributed by atoms with Gasteiger partial charge >= 0.3 is 6.18 Å². The van der Waals surface area contributed by atoms with E-state index in [4.69, 9.17) is 40.2 Å². The minimum Gasteiger partial charge on any atom is -0.492 e. The van der Waals surface area contributed by atoms with Crippen molar-refractivity contribution in [3.63, 3.8) is 0 Å². The fourth-order valence-electron chi connectivity index (χ4n) is 1.92. The first-order chi connectivity index (χ1) is 11.7. The number of hydrogen-bond donors (Lipinski definition) is 2. The number of alkyl halides is 3. The van der Waals surface area contributed by atoms with Crippen LogP contribution in [0.1, 0.15) is 12.5 Å². The molecular weight excluding hydrogens is 396 g/mol. The predicted molar refractivity (Wildman–Crippen MR) is 98.9 cm³/mol. The number of halogens is 5. The highest BCUT2D eigenvalue weighted by molar-refractivity contribution is 7.80. The van der Waals surface area contributed by atoms with E-state index in [1.165, 1.54) is 18.2 Å². The van der Waals surface area contributed by atoms with Gasteiger partial charge in [0, 0.05) is 11.8 Å². The summed E-state index contributed by atoms with van der Waals surface area (Å²) in [5.74, 6) is 0.438. The standard InChI is InChI=1S/C16H13Cl2F3N2OS/c1-2-24-14-8-13(11(17)7-12(14)18)23-15(25)22-10-5-3-9(4-6-10)16(19,20)21/h3-8H,2H2,1H3,(H2,22,23,25). The van der Waals surface area contributed by atoms with E-state index in [-0.39, 0.29) is 5.11 Å². The van der Waals surface area contributed by atoms with Crippen LogP contribution in [-0.2, 0) is 6.18 Å². The molecular formula is C16H13Cl2F3N2OS. The van der Waals surface area contributed by atoms with E-state index in [1.54, 1.807) is 6.07 Å². The molecule has 0 saturated heterocycles. The van der Waals surface area contributed by atoms with Gasteiger partial charge < -0.3 is 15.4 Å². The molecule has 3 nitrogen and oxygen atoms in total. The van der Waals surface area contributed by atoms with Crippen molar-refractivity contribution < 1.29 is 17.9 Å². The van der Waals surface area contributed by atoms with Crippen molar-refractivity contribution >= 4 is 51.9 Å². The third-order valence-corrected chi connectivity index (χ3v) is 3.85. The molecule has 25 heavy (non-hydrogen) atoms. The van der Waals surface area contributed by atoms with Crippen LogP contribution in [0.5, 0.6) is 5.75 Å². The Labute approximate surface area is 158 Å². The SMILES string of the molecule is CCOc1cc(NC(=S)Nc2ccc(C(F)(F)F)cc2)c(Cl)cc1Cl. The highest BCUT2D eigenvalue weighted by Gasteiger charge is 2.29. The molecule has 0 unspecified atom stereocenters. The van der Waals surface area contributed by atoms with Crippen LogP contribution in [0, 0.1) is 0 Å². The Bertz CT molecular complexity index is 767. The number of ether oxygens (including phenoxy) is 1. The van der Waals surface area contributed by atoms with Gasteiger partial charge in [0.15, 0.2) is 5.11 Å². The summed E-state index contributed by atoms with van der Waals surface area (Å²) < 4.78 is 43.0. The topological polar surface area (TPSA) is 33.3 Å². The van der Waals surface area contributed by atoms with E-state index < -0.39 is 11.7 Å². The van der Waals surface area contributed by atoms with E-state index in [1.807, 2.05) is 6.92 Å². The second-order valence-electron chi connectivity index (χ2n) is 4.85. The molecule has 2 aromatic rings. The molecule has 2 rings (SSSR count). The zero-order chi connectivity index (χ0) is 18.6. The molecule has 0 fully saturated rings. The Kier molecular flexibility index (Phi) is 6.37. The van der Waals surface area contributed by atoms with Gasteiger partial charge in [0.05, 0.1) is 27.9 Å². The van der Waals surface area contributed by atoms with E-state index >= 15 is 0 Å². The lowest BCUT2D eigenvalue weighted by molar-refractivity contribution is -0.137. The maximum atomic E-state index is 12.6. The van der Waals surface area contributed by atoms with Crippen LogP contribution in [0.15, 0.2) is 36.4 Å². The molecule has 0 aliphatic heterocycles. The average molecular weight is 409 g/mol. The third kappa shape index (κ3) is 5.39. The summed E-state index contributed by atoms with van der Waals surface area (Å²) in [5.41, 5.74) is 0.124. The summed E-state index contributed by atoms with van der Waals surface area (Å²) in [7, 11) is 0. The van der Waals surface area contributed by atoms with Crippen molar-refractivity contribution in [3.05, 3.63) is 52.0 Å². The number of nitrogens with one attached hydrogen (secondary N) is 2. The third-order valence-electron chi connectivity index (χ3n) is 3.04. The summed E-state index contributed by atoms with van der Waals surface area (Å²) in [4.78, 5) is 0. The molecule has 0 atom stereocenters. The predicted octanol–water partition coefficient (Wildman–Crippen LogP) is 6.22. The molecule has 2 aromatic carbocycles. The highest BCUT2D eigenvalue weighted by atomic mass is 35.5. The van der Waals surface area contributed by atoms with Gasteiger partial charge in [0.2, 0.25) is 0 Å². The van der Waals surface area contributed by atoms with Crippen molar-refractivity contribution in [1.82, 2.24) is 0 Å². The first kappa shape index (κ1) is 19.6. The number of hydrogen-bond acceptors (Lipinski definition) is 2. The van der Waals surface area contributed by atoms with Crippen LogP contribution in [-0.4, -0.2) is 11.7 Å². The Morgan fingerprint density at radius 1 is 1.08 bits per heavy atom. The summed E-state index contributed by atoms with van der Waals surface area (Å²) in [6.07, 6.45) is -4.39. The highest BCUT2D eigenvalue weighted by Crippen LogP contribution is 2.34. The molecule has 0 saturated carbocycles. The maximum absolute atomic E-state index is 12.6. The fourth-order valence-corrected chi connectivity index (χ4v) is 2.63. The summed E-state index contributed by atoms with van der Waals surface area (Å²) >= 11 is 17.3. The molecule has 0 aliphatic carbocycles. The van der Waals surface area contributed by atoms with Crippen LogP contribution in [0.2, 0.25) is 10.0 Å². The fraction of sp³-hybridized carbons (Fsp3) is 0.188. The van der Waals surface area contributed by atoms with Crippen LogP contribution in [0.25, 0.3) is 0 Å². The van der Waals surface area contributed by atoms with Crippen LogP contribution in [0.4, 0.5) is 24.5 Å². The second-order valence-corrected chi connectivity index (χ2v) is 6.07.